The minimum atomic E-state index is -4.21. The maximum absolute atomic E-state index is 12.9. The van der Waals surface area contributed by atoms with E-state index in [4.69, 9.17) is 5.73 Å². The molecule has 1 fully saturated rings. The highest BCUT2D eigenvalue weighted by Crippen LogP contribution is 2.53. The summed E-state index contributed by atoms with van der Waals surface area (Å²) in [7, 11) is 0. The normalized spacial score (nSPS) is 17.9. The first kappa shape index (κ1) is 17.1. The van der Waals surface area contributed by atoms with Crippen molar-refractivity contribution in [2.45, 2.75) is 25.4 Å². The molecule has 112 valence electrons. The number of nitrogens with one attached hydrogen (secondary N) is 1. The van der Waals surface area contributed by atoms with Crippen LogP contribution in [0.1, 0.15) is 19.3 Å². The van der Waals surface area contributed by atoms with E-state index >= 15 is 0 Å². The number of rotatable bonds is 3. The fraction of sp³-hybridized carbons (Fsp3) is 0.462. The van der Waals surface area contributed by atoms with Crippen LogP contribution in [0.5, 0.6) is 0 Å². The van der Waals surface area contributed by atoms with Gasteiger partial charge in [0.05, 0.1) is 12.0 Å². The van der Waals surface area contributed by atoms with Gasteiger partial charge in [-0.2, -0.15) is 13.2 Å². The topological polar surface area (TPSA) is 50.4 Å². The molecule has 1 saturated carbocycles. The highest BCUT2D eigenvalue weighted by Gasteiger charge is 2.58. The van der Waals surface area contributed by atoms with Crippen LogP contribution in [0.25, 0.3) is 0 Å². The number of para-hydroxylation sites is 1. The van der Waals surface area contributed by atoms with Crippen molar-refractivity contribution in [3.63, 3.8) is 0 Å². The Morgan fingerprint density at radius 2 is 1.85 bits per heavy atom. The molecule has 1 aromatic rings. The number of halogens is 4. The van der Waals surface area contributed by atoms with E-state index in [1.54, 1.807) is 24.3 Å². The highest BCUT2D eigenvalue weighted by atomic mass is 127. The third-order valence-corrected chi connectivity index (χ3v) is 3.51. The van der Waals surface area contributed by atoms with Crippen LogP contribution in [0.15, 0.2) is 35.3 Å². The van der Waals surface area contributed by atoms with E-state index in [1.165, 1.54) is 0 Å². The average molecular weight is 399 g/mol. The molecular formula is C13H17F3IN3. The molecule has 3 N–H and O–H groups in total. The van der Waals surface area contributed by atoms with Crippen LogP contribution < -0.4 is 11.1 Å². The van der Waals surface area contributed by atoms with Gasteiger partial charge in [0, 0.05) is 5.69 Å². The first-order valence-electron chi connectivity index (χ1n) is 6.12. The number of aliphatic imine (C=N–C) groups is 1. The highest BCUT2D eigenvalue weighted by molar-refractivity contribution is 14.0. The molecule has 7 heteroatoms. The smallest absolute Gasteiger partial charge is 0.370 e. The molecule has 0 heterocycles. The van der Waals surface area contributed by atoms with Crippen molar-refractivity contribution in [2.75, 3.05) is 11.9 Å². The second-order valence-corrected chi connectivity index (χ2v) is 4.82. The van der Waals surface area contributed by atoms with Crippen molar-refractivity contribution in [1.29, 1.82) is 0 Å². The fourth-order valence-electron chi connectivity index (χ4n) is 2.08. The number of anilines is 1. The van der Waals surface area contributed by atoms with Crippen molar-refractivity contribution in [3.8, 4) is 0 Å². The number of guanidine groups is 1. The van der Waals surface area contributed by atoms with Crippen LogP contribution >= 0.6 is 24.0 Å². The van der Waals surface area contributed by atoms with Crippen molar-refractivity contribution >= 4 is 35.6 Å². The van der Waals surface area contributed by atoms with Gasteiger partial charge in [-0.1, -0.05) is 24.6 Å². The zero-order valence-corrected chi connectivity index (χ0v) is 13.1. The zero-order chi connectivity index (χ0) is 13.9. The van der Waals surface area contributed by atoms with E-state index in [0.717, 1.165) is 0 Å². The lowest BCUT2D eigenvalue weighted by Crippen LogP contribution is -2.46. The standard InChI is InChI=1S/C13H16F3N3.HI/c14-13(15,16)12(7-4-8-12)9-18-11(17)19-10-5-2-1-3-6-10;/h1-3,5-6H,4,7-9H2,(H3,17,18,19);1H. The maximum atomic E-state index is 12.9. The summed E-state index contributed by atoms with van der Waals surface area (Å²) in [5.41, 5.74) is 4.64. The third kappa shape index (κ3) is 3.77. The Bertz CT molecular complexity index is 456. The molecule has 0 bridgehead atoms. The minimum Gasteiger partial charge on any atom is -0.370 e. The Labute approximate surface area is 132 Å². The van der Waals surface area contributed by atoms with Crippen LogP contribution in [0.2, 0.25) is 0 Å². The van der Waals surface area contributed by atoms with Crippen molar-refractivity contribution in [2.24, 2.45) is 16.1 Å². The van der Waals surface area contributed by atoms with Gasteiger partial charge in [-0.3, -0.25) is 4.99 Å². The molecule has 0 aliphatic heterocycles. The van der Waals surface area contributed by atoms with Gasteiger partial charge in [-0.15, -0.1) is 24.0 Å². The van der Waals surface area contributed by atoms with Gasteiger partial charge < -0.3 is 11.1 Å². The molecule has 0 radical (unpaired) electrons. The van der Waals surface area contributed by atoms with Crippen LogP contribution in [0.3, 0.4) is 0 Å². The van der Waals surface area contributed by atoms with Gasteiger partial charge in [-0.05, 0) is 25.0 Å². The van der Waals surface area contributed by atoms with Crippen molar-refractivity contribution in [1.82, 2.24) is 0 Å². The van der Waals surface area contributed by atoms with Crippen LogP contribution in [0.4, 0.5) is 18.9 Å². The Morgan fingerprint density at radius 1 is 1.25 bits per heavy atom. The Kier molecular flexibility index (Phi) is 5.67. The Balaban J connectivity index is 0.00000200. The van der Waals surface area contributed by atoms with Gasteiger partial charge >= 0.3 is 6.18 Å². The molecule has 1 aliphatic rings. The second-order valence-electron chi connectivity index (χ2n) is 4.82. The molecule has 1 aromatic carbocycles. The summed E-state index contributed by atoms with van der Waals surface area (Å²) in [5.74, 6) is 0.0155. The predicted molar refractivity (Wildman–Crippen MR) is 84.3 cm³/mol. The van der Waals surface area contributed by atoms with Gasteiger partial charge in [0.15, 0.2) is 5.96 Å². The summed E-state index contributed by atoms with van der Waals surface area (Å²) in [6.07, 6.45) is -3.33. The predicted octanol–water partition coefficient (Wildman–Crippen LogP) is 3.76. The molecular weight excluding hydrogens is 382 g/mol. The number of hydrogen-bond donors (Lipinski definition) is 2. The molecule has 0 spiro atoms. The summed E-state index contributed by atoms with van der Waals surface area (Å²) < 4.78 is 38.7. The van der Waals surface area contributed by atoms with Gasteiger partial charge in [-0.25, -0.2) is 0 Å². The van der Waals surface area contributed by atoms with Crippen LogP contribution in [0, 0.1) is 5.41 Å². The monoisotopic (exact) mass is 399 g/mol. The number of nitrogens with zero attached hydrogens (tertiary/aromatic N) is 1. The number of alkyl halides is 3. The summed E-state index contributed by atoms with van der Waals surface area (Å²) in [5, 5.41) is 2.77. The van der Waals surface area contributed by atoms with E-state index in [-0.39, 0.29) is 49.3 Å². The summed E-state index contributed by atoms with van der Waals surface area (Å²) in [6, 6.07) is 8.99. The first-order valence-corrected chi connectivity index (χ1v) is 6.12. The number of benzene rings is 1. The lowest BCUT2D eigenvalue weighted by molar-refractivity contribution is -0.245. The van der Waals surface area contributed by atoms with E-state index in [1.807, 2.05) is 6.07 Å². The van der Waals surface area contributed by atoms with E-state index in [9.17, 15) is 13.2 Å². The van der Waals surface area contributed by atoms with Crippen LogP contribution in [-0.4, -0.2) is 18.7 Å². The number of nitrogens with two attached hydrogens (primary N) is 1. The Hall–Kier alpha value is -0.990. The lowest BCUT2D eigenvalue weighted by Gasteiger charge is -2.41. The SMILES string of the molecule is I.NC(=NCC1(C(F)(F)F)CCC1)Nc1ccccc1. The Morgan fingerprint density at radius 3 is 2.30 bits per heavy atom. The first-order chi connectivity index (χ1) is 8.93. The second kappa shape index (κ2) is 6.64. The largest absolute Gasteiger partial charge is 0.396 e. The molecule has 0 unspecified atom stereocenters. The molecule has 2 rings (SSSR count). The van der Waals surface area contributed by atoms with E-state index < -0.39 is 11.6 Å². The maximum Gasteiger partial charge on any atom is 0.396 e. The molecule has 0 amide bonds. The summed E-state index contributed by atoms with van der Waals surface area (Å²) in [4.78, 5) is 3.84. The molecule has 3 nitrogen and oxygen atoms in total. The quantitative estimate of drug-likeness (QED) is 0.462. The van der Waals surface area contributed by atoms with Gasteiger partial charge in [0.2, 0.25) is 0 Å². The van der Waals surface area contributed by atoms with Gasteiger partial charge in [0.1, 0.15) is 0 Å². The van der Waals surface area contributed by atoms with E-state index in [2.05, 4.69) is 10.3 Å². The molecule has 0 atom stereocenters. The van der Waals surface area contributed by atoms with Crippen molar-refractivity contribution in [3.05, 3.63) is 30.3 Å². The molecule has 1 aliphatic carbocycles. The zero-order valence-electron chi connectivity index (χ0n) is 10.8. The summed E-state index contributed by atoms with van der Waals surface area (Å²) in [6.45, 7) is -0.303. The lowest BCUT2D eigenvalue weighted by atomic mass is 9.68. The third-order valence-electron chi connectivity index (χ3n) is 3.51. The minimum absolute atomic E-state index is 0. The fourth-order valence-corrected chi connectivity index (χ4v) is 2.08. The molecule has 0 saturated heterocycles. The summed E-state index contributed by atoms with van der Waals surface area (Å²) >= 11 is 0. The van der Waals surface area contributed by atoms with Crippen molar-refractivity contribution < 1.29 is 13.2 Å². The molecule has 0 aromatic heterocycles. The number of hydrogen-bond acceptors (Lipinski definition) is 1. The van der Waals surface area contributed by atoms with Gasteiger partial charge in [0.25, 0.3) is 0 Å². The molecule has 20 heavy (non-hydrogen) atoms. The van der Waals surface area contributed by atoms with E-state index in [0.29, 0.717) is 12.1 Å². The van der Waals surface area contributed by atoms with Crippen LogP contribution in [-0.2, 0) is 0 Å². The average Bonchev–Trinajstić information content (AvgIpc) is 2.26.